The lowest BCUT2D eigenvalue weighted by molar-refractivity contribution is -0.130. The normalized spacial score (nSPS) is 14.8. The molecule has 0 bridgehead atoms. The largest absolute Gasteiger partial charge is 0.302 e. The molecule has 1 unspecified atom stereocenters. The number of carbonyl (C=O) groups is 1. The van der Waals surface area contributed by atoms with E-state index in [1.165, 1.54) is 0 Å². The summed E-state index contributed by atoms with van der Waals surface area (Å²) in [5.41, 5.74) is -0.0910. The second-order valence-electron chi connectivity index (χ2n) is 5.77. The van der Waals surface area contributed by atoms with Gasteiger partial charge in [-0.2, -0.15) is 0 Å². The highest BCUT2D eigenvalue weighted by molar-refractivity contribution is 5.89. The van der Waals surface area contributed by atoms with Gasteiger partial charge < -0.3 is 5.32 Å². The molecule has 0 aliphatic carbocycles. The molecule has 0 radical (unpaired) electrons. The van der Waals surface area contributed by atoms with Gasteiger partial charge in [0.1, 0.15) is 0 Å². The van der Waals surface area contributed by atoms with Crippen LogP contribution < -0.4 is 5.32 Å². The molecule has 0 heterocycles. The highest BCUT2D eigenvalue weighted by Crippen LogP contribution is 2.28. The number of ketones is 1. The zero-order valence-corrected chi connectivity index (χ0v) is 12.8. The zero-order valence-electron chi connectivity index (χ0n) is 12.8. The third-order valence-electron chi connectivity index (χ3n) is 4.67. The molecule has 0 aromatic carbocycles. The molecule has 0 aromatic rings. The maximum atomic E-state index is 12.5. The predicted octanol–water partition coefficient (Wildman–Crippen LogP) is 3.94. The van der Waals surface area contributed by atoms with Crippen LogP contribution in [-0.4, -0.2) is 17.4 Å². The molecule has 2 heteroatoms. The summed E-state index contributed by atoms with van der Waals surface area (Å²) in [5, 5.41) is 3.52. The number of nitrogens with one attached hydrogen (secondary N) is 1. The van der Waals surface area contributed by atoms with Crippen LogP contribution in [0, 0.1) is 5.41 Å². The first-order valence-electron chi connectivity index (χ1n) is 7.10. The van der Waals surface area contributed by atoms with E-state index in [0.717, 1.165) is 25.7 Å². The molecule has 0 fully saturated rings. The summed E-state index contributed by atoms with van der Waals surface area (Å²) in [4.78, 5) is 12.5. The van der Waals surface area contributed by atoms with Crippen LogP contribution in [0.3, 0.4) is 0 Å². The molecule has 0 aliphatic heterocycles. The van der Waals surface area contributed by atoms with Crippen LogP contribution in [0.2, 0.25) is 0 Å². The molecule has 102 valence electrons. The monoisotopic (exact) mass is 241 g/mol. The summed E-state index contributed by atoms with van der Waals surface area (Å²) in [5.74, 6) is 0.357. The summed E-state index contributed by atoms with van der Waals surface area (Å²) in [6.45, 7) is 14.9. The van der Waals surface area contributed by atoms with Crippen molar-refractivity contribution in [3.63, 3.8) is 0 Å². The molecule has 0 aromatic heterocycles. The Labute approximate surface area is 108 Å². The third kappa shape index (κ3) is 4.09. The molecule has 2 nitrogen and oxygen atoms in total. The van der Waals surface area contributed by atoms with Crippen molar-refractivity contribution in [2.24, 2.45) is 5.41 Å². The van der Waals surface area contributed by atoms with Gasteiger partial charge in [0.25, 0.3) is 0 Å². The first-order valence-corrected chi connectivity index (χ1v) is 7.10. The van der Waals surface area contributed by atoms with E-state index in [2.05, 4.69) is 46.9 Å². The van der Waals surface area contributed by atoms with Gasteiger partial charge >= 0.3 is 0 Å². The lowest BCUT2D eigenvalue weighted by atomic mass is 9.77. The van der Waals surface area contributed by atoms with Crippen LogP contribution in [0.15, 0.2) is 0 Å². The minimum absolute atomic E-state index is 0.0511. The predicted molar refractivity (Wildman–Crippen MR) is 75.3 cm³/mol. The second-order valence-corrected chi connectivity index (χ2v) is 5.77. The maximum Gasteiger partial charge on any atom is 0.155 e. The van der Waals surface area contributed by atoms with Gasteiger partial charge in [0.05, 0.1) is 6.04 Å². The lowest BCUT2D eigenvalue weighted by Gasteiger charge is -2.35. The van der Waals surface area contributed by atoms with E-state index in [-0.39, 0.29) is 17.0 Å². The fourth-order valence-electron chi connectivity index (χ4n) is 2.16. The van der Waals surface area contributed by atoms with Crippen molar-refractivity contribution in [1.29, 1.82) is 0 Å². The maximum absolute atomic E-state index is 12.5. The van der Waals surface area contributed by atoms with Crippen molar-refractivity contribution in [3.8, 4) is 0 Å². The van der Waals surface area contributed by atoms with Gasteiger partial charge in [-0.25, -0.2) is 0 Å². The number of hydrogen-bond acceptors (Lipinski definition) is 2. The van der Waals surface area contributed by atoms with Gasteiger partial charge in [-0.1, -0.05) is 34.6 Å². The van der Waals surface area contributed by atoms with Gasteiger partial charge in [-0.15, -0.1) is 0 Å². The van der Waals surface area contributed by atoms with E-state index in [9.17, 15) is 4.79 Å². The van der Waals surface area contributed by atoms with E-state index in [4.69, 9.17) is 0 Å². The molecule has 0 saturated heterocycles. The Bertz CT molecular complexity index is 239. The lowest BCUT2D eigenvalue weighted by Crippen LogP contribution is -2.52. The van der Waals surface area contributed by atoms with Crippen LogP contribution in [0.1, 0.15) is 74.1 Å². The minimum Gasteiger partial charge on any atom is -0.302 e. The van der Waals surface area contributed by atoms with Crippen LogP contribution >= 0.6 is 0 Å². The minimum atomic E-state index is -0.172. The summed E-state index contributed by atoms with van der Waals surface area (Å²) < 4.78 is 0. The Balaban J connectivity index is 4.72. The number of carbonyl (C=O) groups excluding carboxylic acids is 1. The fourth-order valence-corrected chi connectivity index (χ4v) is 2.16. The molecule has 0 rings (SSSR count). The van der Waals surface area contributed by atoms with Gasteiger partial charge in [0.15, 0.2) is 5.78 Å². The summed E-state index contributed by atoms with van der Waals surface area (Å²) in [7, 11) is 0. The highest BCUT2D eigenvalue weighted by atomic mass is 16.1. The average Bonchev–Trinajstić information content (AvgIpc) is 2.36. The molecular weight excluding hydrogens is 210 g/mol. The average molecular weight is 241 g/mol. The Morgan fingerprint density at radius 2 is 1.41 bits per heavy atom. The van der Waals surface area contributed by atoms with Crippen LogP contribution in [-0.2, 0) is 4.79 Å². The van der Waals surface area contributed by atoms with Gasteiger partial charge in [-0.3, -0.25) is 4.79 Å². The zero-order chi connectivity index (χ0) is 13.7. The van der Waals surface area contributed by atoms with E-state index in [0.29, 0.717) is 5.78 Å². The standard InChI is InChI=1S/C15H31NO/c1-8-14(6,9-2)13(17)12(5)16-15(7,10-3)11-4/h12,16H,8-11H2,1-7H3. The second kappa shape index (κ2) is 6.53. The third-order valence-corrected chi connectivity index (χ3v) is 4.67. The van der Waals surface area contributed by atoms with Crippen molar-refractivity contribution in [3.05, 3.63) is 0 Å². The Morgan fingerprint density at radius 3 is 1.71 bits per heavy atom. The Hall–Kier alpha value is -0.370. The van der Waals surface area contributed by atoms with E-state index in [1.54, 1.807) is 0 Å². The summed E-state index contributed by atoms with van der Waals surface area (Å²) >= 11 is 0. The molecule has 0 saturated carbocycles. The van der Waals surface area contributed by atoms with Crippen molar-refractivity contribution < 1.29 is 4.79 Å². The smallest absolute Gasteiger partial charge is 0.155 e. The SMILES string of the molecule is CCC(C)(CC)NC(C)C(=O)C(C)(CC)CC. The molecule has 0 amide bonds. The van der Waals surface area contributed by atoms with Gasteiger partial charge in [-0.05, 0) is 39.5 Å². The molecule has 0 spiro atoms. The first-order chi connectivity index (χ1) is 7.78. The van der Waals surface area contributed by atoms with E-state index >= 15 is 0 Å². The number of hydrogen-bond donors (Lipinski definition) is 1. The Morgan fingerprint density at radius 1 is 1.00 bits per heavy atom. The van der Waals surface area contributed by atoms with Crippen molar-refractivity contribution in [2.75, 3.05) is 0 Å². The van der Waals surface area contributed by atoms with Crippen LogP contribution in [0.25, 0.3) is 0 Å². The van der Waals surface area contributed by atoms with E-state index in [1.807, 2.05) is 6.92 Å². The van der Waals surface area contributed by atoms with Crippen molar-refractivity contribution >= 4 is 5.78 Å². The molecule has 1 atom stereocenters. The van der Waals surface area contributed by atoms with Crippen LogP contribution in [0.5, 0.6) is 0 Å². The van der Waals surface area contributed by atoms with Crippen LogP contribution in [0.4, 0.5) is 0 Å². The summed E-state index contributed by atoms with van der Waals surface area (Å²) in [6.07, 6.45) is 3.94. The topological polar surface area (TPSA) is 29.1 Å². The van der Waals surface area contributed by atoms with Gasteiger partial charge in [0, 0.05) is 11.0 Å². The molecule has 0 aliphatic rings. The summed E-state index contributed by atoms with van der Waals surface area (Å²) in [6, 6.07) is -0.0511. The number of Topliss-reactive ketones (excluding diaryl/α,β-unsaturated/α-hetero) is 1. The first kappa shape index (κ1) is 16.6. The Kier molecular flexibility index (Phi) is 6.39. The number of rotatable bonds is 8. The quantitative estimate of drug-likeness (QED) is 0.697. The molecular formula is C15H31NO. The van der Waals surface area contributed by atoms with Crippen molar-refractivity contribution in [2.45, 2.75) is 85.7 Å². The van der Waals surface area contributed by atoms with Crippen molar-refractivity contribution in [1.82, 2.24) is 5.32 Å². The van der Waals surface area contributed by atoms with E-state index < -0.39 is 0 Å². The highest BCUT2D eigenvalue weighted by Gasteiger charge is 2.35. The fraction of sp³-hybridized carbons (Fsp3) is 0.933. The molecule has 17 heavy (non-hydrogen) atoms. The molecule has 1 N–H and O–H groups in total. The van der Waals surface area contributed by atoms with Gasteiger partial charge in [0.2, 0.25) is 0 Å².